The van der Waals surface area contributed by atoms with Crippen LogP contribution in [-0.2, 0) is 0 Å². The van der Waals surface area contributed by atoms with Gasteiger partial charge in [-0.25, -0.2) is 9.78 Å². The Bertz CT molecular complexity index is 585. The molecule has 18 heavy (non-hydrogen) atoms. The van der Waals surface area contributed by atoms with E-state index in [2.05, 4.69) is 10.3 Å². The van der Waals surface area contributed by atoms with Crippen molar-refractivity contribution in [3.05, 3.63) is 52.3 Å². The molecule has 0 saturated heterocycles. The maximum absolute atomic E-state index is 10.6. The quantitative estimate of drug-likeness (QED) is 0.898. The van der Waals surface area contributed by atoms with Crippen molar-refractivity contribution in [3.63, 3.8) is 0 Å². The number of hydrogen-bond acceptors (Lipinski definition) is 3. The maximum atomic E-state index is 10.6. The minimum atomic E-state index is -1.07. The zero-order valence-electron chi connectivity index (χ0n) is 9.02. The van der Waals surface area contributed by atoms with Crippen LogP contribution in [0.4, 0.5) is 11.4 Å². The number of aromatic carboxylic acids is 1. The van der Waals surface area contributed by atoms with Crippen molar-refractivity contribution in [3.8, 4) is 0 Å². The van der Waals surface area contributed by atoms with E-state index in [0.717, 1.165) is 0 Å². The Hall–Kier alpha value is -1.78. The van der Waals surface area contributed by atoms with Crippen LogP contribution in [0, 0.1) is 0 Å². The molecule has 4 nitrogen and oxygen atoms in total. The van der Waals surface area contributed by atoms with E-state index >= 15 is 0 Å². The van der Waals surface area contributed by atoms with Crippen molar-refractivity contribution < 1.29 is 9.90 Å². The van der Waals surface area contributed by atoms with Crippen LogP contribution in [0.25, 0.3) is 0 Å². The van der Waals surface area contributed by atoms with Gasteiger partial charge in [-0.05, 0) is 30.3 Å². The van der Waals surface area contributed by atoms with Gasteiger partial charge in [-0.1, -0.05) is 23.2 Å². The molecule has 2 N–H and O–H groups in total. The second-order valence-electron chi connectivity index (χ2n) is 3.49. The Morgan fingerprint density at radius 2 is 2.00 bits per heavy atom. The smallest absolute Gasteiger partial charge is 0.354 e. The molecule has 0 unspecified atom stereocenters. The Morgan fingerprint density at radius 1 is 1.22 bits per heavy atom. The number of hydrogen-bond donors (Lipinski definition) is 2. The standard InChI is InChI=1S/C12H8Cl2N2O2/c13-7-1-3-9(14)11(5-7)16-8-2-4-10(12(17)18)15-6-8/h1-6,16H,(H,17,18). The highest BCUT2D eigenvalue weighted by Gasteiger charge is 2.05. The molecule has 0 radical (unpaired) electrons. The summed E-state index contributed by atoms with van der Waals surface area (Å²) in [4.78, 5) is 14.4. The fourth-order valence-electron chi connectivity index (χ4n) is 1.34. The normalized spacial score (nSPS) is 10.1. The van der Waals surface area contributed by atoms with Gasteiger partial charge >= 0.3 is 5.97 Å². The van der Waals surface area contributed by atoms with Gasteiger partial charge in [0.15, 0.2) is 0 Å². The second kappa shape index (κ2) is 5.25. The summed E-state index contributed by atoms with van der Waals surface area (Å²) in [6, 6.07) is 8.04. The number of pyridine rings is 1. The molecule has 6 heteroatoms. The van der Waals surface area contributed by atoms with Crippen LogP contribution < -0.4 is 5.32 Å². The average Bonchev–Trinajstić information content (AvgIpc) is 2.34. The van der Waals surface area contributed by atoms with Gasteiger partial charge in [-0.3, -0.25) is 0 Å². The first kappa shape index (κ1) is 12.7. The molecule has 0 aliphatic carbocycles. The highest BCUT2D eigenvalue weighted by Crippen LogP contribution is 2.28. The summed E-state index contributed by atoms with van der Waals surface area (Å²) in [5.41, 5.74) is 1.25. The first-order chi connectivity index (χ1) is 8.56. The molecule has 1 aromatic heterocycles. The van der Waals surface area contributed by atoms with Crippen molar-refractivity contribution in [2.75, 3.05) is 5.32 Å². The second-order valence-corrected chi connectivity index (χ2v) is 4.33. The molecule has 0 atom stereocenters. The molecular weight excluding hydrogens is 275 g/mol. The van der Waals surface area contributed by atoms with E-state index < -0.39 is 5.97 Å². The maximum Gasteiger partial charge on any atom is 0.354 e. The van der Waals surface area contributed by atoms with Gasteiger partial charge in [0.1, 0.15) is 5.69 Å². The molecular formula is C12H8Cl2N2O2. The van der Waals surface area contributed by atoms with Crippen molar-refractivity contribution in [2.24, 2.45) is 0 Å². The molecule has 1 aromatic carbocycles. The molecule has 0 spiro atoms. The minimum Gasteiger partial charge on any atom is -0.477 e. The highest BCUT2D eigenvalue weighted by molar-refractivity contribution is 6.35. The predicted octanol–water partition coefficient (Wildman–Crippen LogP) is 3.83. The Morgan fingerprint density at radius 3 is 2.61 bits per heavy atom. The van der Waals surface area contributed by atoms with E-state index in [1.165, 1.54) is 12.3 Å². The minimum absolute atomic E-state index is 0.0160. The average molecular weight is 283 g/mol. The lowest BCUT2D eigenvalue weighted by Gasteiger charge is -2.08. The number of rotatable bonds is 3. The summed E-state index contributed by atoms with van der Waals surface area (Å²) >= 11 is 11.9. The third-order valence-electron chi connectivity index (χ3n) is 2.19. The van der Waals surface area contributed by atoms with Gasteiger partial charge in [0.25, 0.3) is 0 Å². The zero-order valence-corrected chi connectivity index (χ0v) is 10.5. The molecule has 92 valence electrons. The van der Waals surface area contributed by atoms with Crippen molar-refractivity contribution >= 4 is 40.5 Å². The summed E-state index contributed by atoms with van der Waals surface area (Å²) in [7, 11) is 0. The fraction of sp³-hybridized carbons (Fsp3) is 0. The van der Waals surface area contributed by atoms with Gasteiger partial charge in [0, 0.05) is 5.02 Å². The summed E-state index contributed by atoms with van der Waals surface area (Å²) in [5.74, 6) is -1.07. The van der Waals surface area contributed by atoms with Crippen LogP contribution in [0.5, 0.6) is 0 Å². The predicted molar refractivity (Wildman–Crippen MR) is 70.9 cm³/mol. The van der Waals surface area contributed by atoms with E-state index in [1.54, 1.807) is 24.3 Å². The monoisotopic (exact) mass is 282 g/mol. The van der Waals surface area contributed by atoms with Crippen LogP contribution in [0.3, 0.4) is 0 Å². The fourth-order valence-corrected chi connectivity index (χ4v) is 1.68. The topological polar surface area (TPSA) is 62.2 Å². The number of nitrogens with zero attached hydrogens (tertiary/aromatic N) is 1. The SMILES string of the molecule is O=C(O)c1ccc(Nc2cc(Cl)ccc2Cl)cn1. The molecule has 0 bridgehead atoms. The van der Waals surface area contributed by atoms with Gasteiger partial charge in [0.05, 0.1) is 22.6 Å². The van der Waals surface area contributed by atoms with E-state index in [0.29, 0.717) is 21.4 Å². The number of carboxylic acids is 1. The Kier molecular flexibility index (Phi) is 3.69. The number of benzene rings is 1. The van der Waals surface area contributed by atoms with Crippen molar-refractivity contribution in [1.82, 2.24) is 4.98 Å². The number of carboxylic acid groups (broad SMARTS) is 1. The van der Waals surface area contributed by atoms with Gasteiger partial charge in [-0.2, -0.15) is 0 Å². The third-order valence-corrected chi connectivity index (χ3v) is 2.75. The molecule has 1 heterocycles. The number of anilines is 2. The lowest BCUT2D eigenvalue weighted by Crippen LogP contribution is -2.00. The van der Waals surface area contributed by atoms with Gasteiger partial charge in [-0.15, -0.1) is 0 Å². The zero-order chi connectivity index (χ0) is 13.1. The van der Waals surface area contributed by atoms with Crippen molar-refractivity contribution in [2.45, 2.75) is 0 Å². The molecule has 2 aromatic rings. The first-order valence-corrected chi connectivity index (χ1v) is 5.73. The number of aromatic nitrogens is 1. The van der Waals surface area contributed by atoms with E-state index in [9.17, 15) is 4.79 Å². The Balaban J connectivity index is 2.23. The number of carbonyl (C=O) groups is 1. The van der Waals surface area contributed by atoms with Crippen LogP contribution in [0.15, 0.2) is 36.5 Å². The van der Waals surface area contributed by atoms with Gasteiger partial charge in [0.2, 0.25) is 0 Å². The number of nitrogens with one attached hydrogen (secondary N) is 1. The molecule has 0 amide bonds. The van der Waals surface area contributed by atoms with E-state index in [4.69, 9.17) is 28.3 Å². The summed E-state index contributed by atoms with van der Waals surface area (Å²) < 4.78 is 0. The highest BCUT2D eigenvalue weighted by atomic mass is 35.5. The first-order valence-electron chi connectivity index (χ1n) is 4.97. The van der Waals surface area contributed by atoms with Crippen molar-refractivity contribution in [1.29, 1.82) is 0 Å². The molecule has 0 aliphatic rings. The van der Waals surface area contributed by atoms with Crippen LogP contribution in [0.2, 0.25) is 10.0 Å². The largest absolute Gasteiger partial charge is 0.477 e. The van der Waals surface area contributed by atoms with Crippen LogP contribution >= 0.6 is 23.2 Å². The van der Waals surface area contributed by atoms with Crippen LogP contribution in [0.1, 0.15) is 10.5 Å². The third kappa shape index (κ3) is 2.91. The van der Waals surface area contributed by atoms with E-state index in [-0.39, 0.29) is 5.69 Å². The van der Waals surface area contributed by atoms with Gasteiger partial charge < -0.3 is 10.4 Å². The Labute approximate surface area is 113 Å². The molecule has 0 fully saturated rings. The number of halogens is 2. The summed E-state index contributed by atoms with van der Waals surface area (Å²) in [6.07, 6.45) is 1.42. The molecule has 0 saturated carbocycles. The summed E-state index contributed by atoms with van der Waals surface area (Å²) in [6.45, 7) is 0. The molecule has 0 aliphatic heterocycles. The lowest BCUT2D eigenvalue weighted by molar-refractivity contribution is 0.0690. The molecule has 2 rings (SSSR count). The van der Waals surface area contributed by atoms with Crippen LogP contribution in [-0.4, -0.2) is 16.1 Å². The van der Waals surface area contributed by atoms with E-state index in [1.807, 2.05) is 0 Å². The lowest BCUT2D eigenvalue weighted by atomic mass is 10.3. The summed E-state index contributed by atoms with van der Waals surface area (Å²) in [5, 5.41) is 12.8.